The highest BCUT2D eigenvalue weighted by Gasteiger charge is 2.18. The maximum Gasteiger partial charge on any atom is 0.488 e. The molecule has 0 amide bonds. The molecule has 6 heteroatoms. The lowest BCUT2D eigenvalue weighted by molar-refractivity contribution is 0.0976. The fraction of sp³-hybridized carbons (Fsp3) is 0.571. The molecule has 2 N–H and O–H groups in total. The Labute approximate surface area is 121 Å². The minimum Gasteiger partial charge on any atom is -0.496 e. The lowest BCUT2D eigenvalue weighted by Crippen LogP contribution is -2.36. The Morgan fingerprint density at radius 2 is 2.00 bits per heavy atom. The quantitative estimate of drug-likeness (QED) is 0.668. The van der Waals surface area contributed by atoms with Crippen molar-refractivity contribution in [3.05, 3.63) is 23.8 Å². The van der Waals surface area contributed by atoms with Gasteiger partial charge in [0.15, 0.2) is 0 Å². The Hall–Kier alpha value is -1.08. The van der Waals surface area contributed by atoms with Gasteiger partial charge in [-0.25, -0.2) is 0 Å². The first-order valence-electron chi connectivity index (χ1n) is 6.79. The van der Waals surface area contributed by atoms with Gasteiger partial charge in [-0.1, -0.05) is 19.1 Å². The van der Waals surface area contributed by atoms with E-state index in [9.17, 15) is 10.0 Å². The van der Waals surface area contributed by atoms with Gasteiger partial charge in [-0.15, -0.1) is 0 Å². The third-order valence-corrected chi connectivity index (χ3v) is 3.41. The van der Waals surface area contributed by atoms with Crippen LogP contribution in [-0.4, -0.2) is 55.5 Å². The van der Waals surface area contributed by atoms with Gasteiger partial charge in [-0.3, -0.25) is 4.90 Å². The molecule has 0 saturated heterocycles. The second-order valence-corrected chi connectivity index (χ2v) is 4.81. The Kier molecular flexibility index (Phi) is 7.02. The molecule has 0 heterocycles. The van der Waals surface area contributed by atoms with Crippen molar-refractivity contribution in [1.29, 1.82) is 0 Å². The van der Waals surface area contributed by atoms with E-state index in [-0.39, 0.29) is 6.04 Å². The summed E-state index contributed by atoms with van der Waals surface area (Å²) in [5, 5.41) is 18.6. The van der Waals surface area contributed by atoms with E-state index in [1.165, 1.54) is 0 Å². The summed E-state index contributed by atoms with van der Waals surface area (Å²) in [5.41, 5.74) is 1.40. The predicted molar refractivity (Wildman–Crippen MR) is 80.2 cm³/mol. The third kappa shape index (κ3) is 4.49. The summed E-state index contributed by atoms with van der Waals surface area (Å²) in [7, 11) is 1.84. The molecular formula is C14H24BNO4. The summed E-state index contributed by atoms with van der Waals surface area (Å²) in [6, 6.07) is 5.46. The molecule has 20 heavy (non-hydrogen) atoms. The average molecular weight is 281 g/mol. The van der Waals surface area contributed by atoms with Crippen LogP contribution in [-0.2, 0) is 11.3 Å². The molecule has 112 valence electrons. The molecule has 0 aromatic heterocycles. The van der Waals surface area contributed by atoms with Gasteiger partial charge in [-0.2, -0.15) is 0 Å². The van der Waals surface area contributed by atoms with Crippen molar-refractivity contribution in [1.82, 2.24) is 4.90 Å². The summed E-state index contributed by atoms with van der Waals surface area (Å²) < 4.78 is 10.5. The van der Waals surface area contributed by atoms with Gasteiger partial charge >= 0.3 is 7.12 Å². The first-order chi connectivity index (χ1) is 9.53. The van der Waals surface area contributed by atoms with E-state index < -0.39 is 7.12 Å². The first kappa shape index (κ1) is 17.0. The molecule has 1 aromatic carbocycles. The van der Waals surface area contributed by atoms with Gasteiger partial charge < -0.3 is 19.5 Å². The van der Waals surface area contributed by atoms with Crippen molar-refractivity contribution in [3.63, 3.8) is 0 Å². The van der Waals surface area contributed by atoms with E-state index in [1.54, 1.807) is 32.4 Å². The maximum absolute atomic E-state index is 9.28. The van der Waals surface area contributed by atoms with Crippen molar-refractivity contribution < 1.29 is 19.5 Å². The van der Waals surface area contributed by atoms with Gasteiger partial charge in [0, 0.05) is 25.3 Å². The van der Waals surface area contributed by atoms with Crippen LogP contribution in [0.25, 0.3) is 0 Å². The van der Waals surface area contributed by atoms with E-state index in [1.807, 2.05) is 0 Å². The molecule has 0 radical (unpaired) electrons. The highest BCUT2D eigenvalue weighted by Crippen LogP contribution is 2.19. The Morgan fingerprint density at radius 3 is 2.50 bits per heavy atom. The monoisotopic (exact) mass is 281 g/mol. The van der Waals surface area contributed by atoms with Crippen molar-refractivity contribution in [2.24, 2.45) is 0 Å². The Morgan fingerprint density at radius 1 is 1.30 bits per heavy atom. The molecule has 0 bridgehead atoms. The molecule has 1 atom stereocenters. The molecule has 1 rings (SSSR count). The third-order valence-electron chi connectivity index (χ3n) is 3.41. The second-order valence-electron chi connectivity index (χ2n) is 4.81. The highest BCUT2D eigenvalue weighted by atomic mass is 16.5. The topological polar surface area (TPSA) is 62.2 Å². The molecular weight excluding hydrogens is 257 g/mol. The Bertz CT molecular complexity index is 414. The summed E-state index contributed by atoms with van der Waals surface area (Å²) in [5.74, 6) is 0.748. The predicted octanol–water partition coefficient (Wildman–Crippen LogP) is 0.232. The van der Waals surface area contributed by atoms with Crippen molar-refractivity contribution >= 4 is 12.6 Å². The van der Waals surface area contributed by atoms with Crippen molar-refractivity contribution in [3.8, 4) is 5.75 Å². The fourth-order valence-corrected chi connectivity index (χ4v) is 2.23. The minimum atomic E-state index is -1.47. The van der Waals surface area contributed by atoms with E-state index in [4.69, 9.17) is 9.47 Å². The van der Waals surface area contributed by atoms with E-state index in [0.717, 1.165) is 17.9 Å². The van der Waals surface area contributed by atoms with Crippen molar-refractivity contribution in [2.75, 3.05) is 27.4 Å². The second kappa shape index (κ2) is 8.27. The Balaban J connectivity index is 2.95. The van der Waals surface area contributed by atoms with Gasteiger partial charge in [0.25, 0.3) is 0 Å². The highest BCUT2D eigenvalue weighted by molar-refractivity contribution is 6.58. The normalized spacial score (nSPS) is 12.6. The van der Waals surface area contributed by atoms with Gasteiger partial charge in [0.2, 0.25) is 0 Å². The molecule has 0 aliphatic heterocycles. The van der Waals surface area contributed by atoms with Crippen LogP contribution in [0, 0.1) is 0 Å². The van der Waals surface area contributed by atoms with Gasteiger partial charge in [-0.05, 0) is 25.0 Å². The number of hydrogen-bond donors (Lipinski definition) is 2. The molecule has 0 saturated carbocycles. The lowest BCUT2D eigenvalue weighted by Gasteiger charge is -2.28. The standard InChI is InChI=1S/C14H24BNO4/c1-5-16(11(2)10-19-3)9-12-8-13(15(17)18)6-7-14(12)20-4/h6-8,11,17-18H,5,9-10H2,1-4H3. The summed E-state index contributed by atoms with van der Waals surface area (Å²) in [6.07, 6.45) is 0. The number of rotatable bonds is 8. The van der Waals surface area contributed by atoms with Crippen LogP contribution in [0.1, 0.15) is 19.4 Å². The number of hydrogen-bond acceptors (Lipinski definition) is 5. The number of methoxy groups -OCH3 is 2. The minimum absolute atomic E-state index is 0.275. The van der Waals surface area contributed by atoms with Crippen LogP contribution < -0.4 is 10.2 Å². The van der Waals surface area contributed by atoms with Crippen LogP contribution in [0.4, 0.5) is 0 Å². The van der Waals surface area contributed by atoms with Gasteiger partial charge in [0.1, 0.15) is 5.75 Å². The molecule has 0 spiro atoms. The summed E-state index contributed by atoms with van der Waals surface area (Å²) in [4.78, 5) is 2.24. The molecule has 5 nitrogen and oxygen atoms in total. The SMILES string of the molecule is CCN(Cc1cc(B(O)O)ccc1OC)C(C)COC. The molecule has 0 fully saturated rings. The maximum atomic E-state index is 9.28. The molecule has 0 aliphatic carbocycles. The first-order valence-corrected chi connectivity index (χ1v) is 6.79. The summed E-state index contributed by atoms with van der Waals surface area (Å²) >= 11 is 0. The zero-order valence-electron chi connectivity index (χ0n) is 12.7. The van der Waals surface area contributed by atoms with E-state index >= 15 is 0 Å². The van der Waals surface area contributed by atoms with E-state index in [2.05, 4.69) is 18.7 Å². The number of likely N-dealkylation sites (N-methyl/N-ethyl adjacent to an activating group) is 1. The number of ether oxygens (including phenoxy) is 2. The zero-order chi connectivity index (χ0) is 15.1. The zero-order valence-corrected chi connectivity index (χ0v) is 12.7. The molecule has 1 unspecified atom stereocenters. The van der Waals surface area contributed by atoms with Crippen LogP contribution >= 0.6 is 0 Å². The van der Waals surface area contributed by atoms with Crippen LogP contribution in [0.5, 0.6) is 5.75 Å². The lowest BCUT2D eigenvalue weighted by atomic mass is 9.79. The smallest absolute Gasteiger partial charge is 0.488 e. The van der Waals surface area contributed by atoms with Crippen LogP contribution in [0.2, 0.25) is 0 Å². The number of nitrogens with zero attached hydrogens (tertiary/aromatic N) is 1. The largest absolute Gasteiger partial charge is 0.496 e. The average Bonchev–Trinajstić information content (AvgIpc) is 2.44. The van der Waals surface area contributed by atoms with E-state index in [0.29, 0.717) is 18.6 Å². The summed E-state index contributed by atoms with van der Waals surface area (Å²) in [6.45, 7) is 6.39. The molecule has 0 aliphatic rings. The fourth-order valence-electron chi connectivity index (χ4n) is 2.23. The van der Waals surface area contributed by atoms with Crippen LogP contribution in [0.15, 0.2) is 18.2 Å². The van der Waals surface area contributed by atoms with Crippen molar-refractivity contribution in [2.45, 2.75) is 26.4 Å². The van der Waals surface area contributed by atoms with Gasteiger partial charge in [0.05, 0.1) is 13.7 Å². The number of benzene rings is 1. The van der Waals surface area contributed by atoms with Crippen LogP contribution in [0.3, 0.4) is 0 Å². The molecule has 1 aromatic rings.